The Hall–Kier alpha value is -0.305. The molecule has 3 atom stereocenters. The summed E-state index contributed by atoms with van der Waals surface area (Å²) in [6.07, 6.45) is 3.46. The van der Waals surface area contributed by atoms with Crippen molar-refractivity contribution in [1.82, 2.24) is 0 Å². The Morgan fingerprint density at radius 2 is 1.36 bits per heavy atom. The van der Waals surface area contributed by atoms with E-state index in [0.29, 0.717) is 17.5 Å². The Kier molecular flexibility index (Phi) is 11.4. The van der Waals surface area contributed by atoms with E-state index in [1.165, 1.54) is 36.0 Å². The maximum atomic E-state index is 12.5. The number of hydrogen-bond donors (Lipinski definition) is 1. The van der Waals surface area contributed by atoms with Crippen LogP contribution in [0, 0.1) is 11.6 Å². The van der Waals surface area contributed by atoms with E-state index in [0.717, 1.165) is 29.1 Å². The van der Waals surface area contributed by atoms with Crippen LogP contribution < -0.4 is 29.6 Å². The molecule has 28 heavy (non-hydrogen) atoms. The second kappa shape index (κ2) is 12.4. The van der Waals surface area contributed by atoms with Crippen LogP contribution in [0.25, 0.3) is 0 Å². The van der Waals surface area contributed by atoms with Crippen molar-refractivity contribution in [2.75, 3.05) is 0 Å². The largest absolute Gasteiger partial charge is 1.00 e. The first kappa shape index (κ1) is 25.7. The smallest absolute Gasteiger partial charge is 1.00 e. The number of halogens is 2. The molecule has 0 aromatic heterocycles. The van der Waals surface area contributed by atoms with Crippen molar-refractivity contribution in [2.24, 2.45) is 0 Å². The fourth-order valence-electron chi connectivity index (χ4n) is 2.46. The average Bonchev–Trinajstić information content (AvgIpc) is 2.65. The minimum absolute atomic E-state index is 0. The molecule has 2 fully saturated rings. The molecule has 2 saturated carbocycles. The van der Waals surface area contributed by atoms with Gasteiger partial charge in [-0.15, -0.1) is 23.5 Å². The molecule has 0 bridgehead atoms. The zero-order valence-electron chi connectivity index (χ0n) is 16.7. The summed E-state index contributed by atoms with van der Waals surface area (Å²) < 4.78 is 25.1. The van der Waals surface area contributed by atoms with Gasteiger partial charge in [-0.2, -0.15) is 0 Å². The first-order chi connectivity index (χ1) is 12.5. The molecule has 1 N–H and O–H groups in total. The Labute approximate surface area is 198 Å². The number of aliphatic hydroxyl groups excluding tert-OH is 1. The van der Waals surface area contributed by atoms with E-state index in [1.807, 2.05) is 0 Å². The Morgan fingerprint density at radius 3 is 1.68 bits per heavy atom. The van der Waals surface area contributed by atoms with Crippen LogP contribution in [0.3, 0.4) is 0 Å². The SMILES string of the molecule is O=C1CCC1Sc1ccc(F)cc1.OC1CCC1Sc1ccc(F)cc1.[B].[H-].[Na+]. The second-order valence-electron chi connectivity index (χ2n) is 6.32. The molecule has 2 aliphatic carbocycles. The maximum Gasteiger partial charge on any atom is 1.00 e. The van der Waals surface area contributed by atoms with Gasteiger partial charge in [0.1, 0.15) is 17.4 Å². The third-order valence-corrected chi connectivity index (χ3v) is 7.11. The summed E-state index contributed by atoms with van der Waals surface area (Å²) in [7, 11) is 0. The van der Waals surface area contributed by atoms with E-state index in [9.17, 15) is 18.7 Å². The quantitative estimate of drug-likeness (QED) is 0.753. The molecule has 0 saturated heterocycles. The molecule has 0 amide bonds. The van der Waals surface area contributed by atoms with Gasteiger partial charge in [-0.25, -0.2) is 8.78 Å². The molecule has 2 aromatic rings. The van der Waals surface area contributed by atoms with Gasteiger partial charge in [0.2, 0.25) is 0 Å². The summed E-state index contributed by atoms with van der Waals surface area (Å²) in [5.74, 6) is -0.128. The Bertz CT molecular complexity index is 753. The Morgan fingerprint density at radius 1 is 0.857 bits per heavy atom. The van der Waals surface area contributed by atoms with Gasteiger partial charge in [0.25, 0.3) is 0 Å². The molecule has 3 unspecified atom stereocenters. The number of thioether (sulfide) groups is 2. The third kappa shape index (κ3) is 7.50. The number of rotatable bonds is 4. The van der Waals surface area contributed by atoms with E-state index < -0.39 is 0 Å². The van der Waals surface area contributed by atoms with Crippen LogP contribution in [0.5, 0.6) is 0 Å². The number of ketones is 1. The van der Waals surface area contributed by atoms with Gasteiger partial charge in [0.15, 0.2) is 0 Å². The van der Waals surface area contributed by atoms with E-state index in [4.69, 9.17) is 0 Å². The molecule has 8 heteroatoms. The maximum absolute atomic E-state index is 12.5. The average molecular weight is 429 g/mol. The standard InChI is InChI=1S/C10H11FOS.C10H9FOS.B.Na.H/c2*11-7-1-3-8(4-2-7)13-10-6-5-9(10)12;;;/h1-4,9-10,12H,5-6H2;1-4,10H,5-6H2;;;/q;;;+1;-1. The van der Waals surface area contributed by atoms with E-state index >= 15 is 0 Å². The molecule has 2 nitrogen and oxygen atoms in total. The summed E-state index contributed by atoms with van der Waals surface area (Å²) in [6, 6.07) is 12.7. The topological polar surface area (TPSA) is 37.3 Å². The van der Waals surface area contributed by atoms with Crippen molar-refractivity contribution in [1.29, 1.82) is 0 Å². The third-order valence-electron chi connectivity index (χ3n) is 4.38. The molecule has 0 aliphatic heterocycles. The van der Waals surface area contributed by atoms with Crippen molar-refractivity contribution >= 4 is 37.7 Å². The van der Waals surface area contributed by atoms with Crippen LogP contribution in [-0.4, -0.2) is 35.9 Å². The first-order valence-electron chi connectivity index (χ1n) is 8.56. The van der Waals surface area contributed by atoms with Crippen LogP contribution in [0.4, 0.5) is 8.78 Å². The fraction of sp³-hybridized carbons (Fsp3) is 0.350. The van der Waals surface area contributed by atoms with E-state index in [2.05, 4.69) is 0 Å². The van der Waals surface area contributed by atoms with E-state index in [-0.39, 0.29) is 62.4 Å². The zero-order chi connectivity index (χ0) is 18.5. The minimum atomic E-state index is -0.232. The van der Waals surface area contributed by atoms with Crippen LogP contribution >= 0.6 is 23.5 Å². The molecule has 2 aliphatic rings. The van der Waals surface area contributed by atoms with Crippen molar-refractivity contribution in [2.45, 2.75) is 52.1 Å². The van der Waals surface area contributed by atoms with Crippen molar-refractivity contribution in [3.8, 4) is 0 Å². The molecule has 2 aromatic carbocycles. The van der Waals surface area contributed by atoms with Gasteiger partial charge in [-0.3, -0.25) is 4.79 Å². The summed E-state index contributed by atoms with van der Waals surface area (Å²) in [6.45, 7) is 0. The monoisotopic (exact) mass is 429 g/mol. The number of hydrogen-bond acceptors (Lipinski definition) is 4. The molecule has 3 radical (unpaired) electrons. The van der Waals surface area contributed by atoms with E-state index in [1.54, 1.807) is 36.0 Å². The number of carbonyl (C=O) groups is 1. The molecule has 143 valence electrons. The fourth-order valence-corrected chi connectivity index (χ4v) is 4.76. The molecule has 0 heterocycles. The van der Waals surface area contributed by atoms with Gasteiger partial charge in [-0.05, 0) is 67.8 Å². The zero-order valence-corrected chi connectivity index (χ0v) is 19.3. The van der Waals surface area contributed by atoms with Gasteiger partial charge in [0.05, 0.1) is 11.4 Å². The predicted molar refractivity (Wildman–Crippen MR) is 108 cm³/mol. The molecular formula is C20H21BF2NaO2S2. The normalized spacial score (nSPS) is 22.4. The number of aliphatic hydroxyl groups is 1. The van der Waals surface area contributed by atoms with Crippen LogP contribution in [-0.2, 0) is 4.79 Å². The predicted octanol–water partition coefficient (Wildman–Crippen LogP) is 1.83. The van der Waals surface area contributed by atoms with Crippen molar-refractivity contribution in [3.05, 3.63) is 60.2 Å². The van der Waals surface area contributed by atoms with Crippen LogP contribution in [0.1, 0.15) is 27.1 Å². The number of carbonyl (C=O) groups excluding carboxylic acids is 1. The number of Topliss-reactive ketones (excluding diaryl/α,β-unsaturated/α-hetero) is 1. The van der Waals surface area contributed by atoms with Gasteiger partial charge in [-0.1, -0.05) is 0 Å². The molecule has 4 rings (SSSR count). The van der Waals surface area contributed by atoms with Crippen molar-refractivity contribution < 1.29 is 49.7 Å². The molecule has 0 spiro atoms. The summed E-state index contributed by atoms with van der Waals surface area (Å²) in [5, 5.41) is 9.76. The summed E-state index contributed by atoms with van der Waals surface area (Å²) in [4.78, 5) is 13.0. The van der Waals surface area contributed by atoms with Gasteiger partial charge < -0.3 is 6.53 Å². The number of benzene rings is 2. The van der Waals surface area contributed by atoms with Gasteiger partial charge >= 0.3 is 29.6 Å². The minimum Gasteiger partial charge on any atom is -1.00 e. The van der Waals surface area contributed by atoms with Gasteiger partial charge in [0, 0.05) is 29.9 Å². The molecular weight excluding hydrogens is 408 g/mol. The van der Waals surface area contributed by atoms with Crippen LogP contribution in [0.2, 0.25) is 0 Å². The Balaban J connectivity index is 0.000000490. The van der Waals surface area contributed by atoms with Crippen molar-refractivity contribution in [3.63, 3.8) is 0 Å². The summed E-state index contributed by atoms with van der Waals surface area (Å²) >= 11 is 3.16. The summed E-state index contributed by atoms with van der Waals surface area (Å²) in [5.41, 5.74) is 0. The first-order valence-corrected chi connectivity index (χ1v) is 10.3. The van der Waals surface area contributed by atoms with Crippen LogP contribution in [0.15, 0.2) is 58.3 Å². The second-order valence-corrected chi connectivity index (χ2v) is 8.91.